The highest BCUT2D eigenvalue weighted by molar-refractivity contribution is 5.68. The van der Waals surface area contributed by atoms with Gasteiger partial charge in [-0.2, -0.15) is 0 Å². The molecule has 0 atom stereocenters. The van der Waals surface area contributed by atoms with E-state index in [2.05, 4.69) is 15.3 Å². The molecule has 1 amide bonds. The normalized spacial score (nSPS) is 11.4. The highest BCUT2D eigenvalue weighted by Crippen LogP contribution is 2.09. The molecule has 0 fully saturated rings. The second-order valence-corrected chi connectivity index (χ2v) is 5.71. The summed E-state index contributed by atoms with van der Waals surface area (Å²) in [5.74, 6) is 0. The SMILES string of the molecule is COCCN(CCNCc1cnc[nH]1)C(=O)OC(C)(C)C. The van der Waals surface area contributed by atoms with E-state index in [4.69, 9.17) is 9.47 Å². The van der Waals surface area contributed by atoms with E-state index in [1.807, 2.05) is 20.8 Å². The van der Waals surface area contributed by atoms with E-state index >= 15 is 0 Å². The molecule has 7 heteroatoms. The van der Waals surface area contributed by atoms with Gasteiger partial charge in [-0.15, -0.1) is 0 Å². The van der Waals surface area contributed by atoms with E-state index < -0.39 is 5.60 Å². The molecule has 1 aromatic rings. The van der Waals surface area contributed by atoms with Gasteiger partial charge < -0.3 is 24.7 Å². The molecule has 0 aliphatic heterocycles. The van der Waals surface area contributed by atoms with Crippen molar-refractivity contribution in [2.24, 2.45) is 0 Å². The number of methoxy groups -OCH3 is 1. The zero-order valence-electron chi connectivity index (χ0n) is 13.3. The minimum Gasteiger partial charge on any atom is -0.444 e. The van der Waals surface area contributed by atoms with Crippen LogP contribution < -0.4 is 5.32 Å². The lowest BCUT2D eigenvalue weighted by Gasteiger charge is -2.27. The summed E-state index contributed by atoms with van der Waals surface area (Å²) in [7, 11) is 1.61. The molecule has 0 aliphatic rings. The smallest absolute Gasteiger partial charge is 0.410 e. The highest BCUT2D eigenvalue weighted by Gasteiger charge is 2.21. The van der Waals surface area contributed by atoms with Crippen LogP contribution in [0.1, 0.15) is 26.5 Å². The molecule has 0 spiro atoms. The van der Waals surface area contributed by atoms with Crippen LogP contribution in [0.25, 0.3) is 0 Å². The summed E-state index contributed by atoms with van der Waals surface area (Å²) in [6.45, 7) is 8.49. The van der Waals surface area contributed by atoms with Crippen molar-refractivity contribution >= 4 is 6.09 Å². The number of nitrogens with one attached hydrogen (secondary N) is 2. The van der Waals surface area contributed by atoms with Gasteiger partial charge in [-0.05, 0) is 20.8 Å². The maximum absolute atomic E-state index is 12.1. The largest absolute Gasteiger partial charge is 0.444 e. The maximum Gasteiger partial charge on any atom is 0.410 e. The van der Waals surface area contributed by atoms with E-state index in [0.717, 1.165) is 5.69 Å². The average molecular weight is 298 g/mol. The van der Waals surface area contributed by atoms with Crippen molar-refractivity contribution in [3.8, 4) is 0 Å². The first-order chi connectivity index (χ1) is 9.92. The second kappa shape index (κ2) is 8.63. The number of ether oxygens (including phenoxy) is 2. The number of carbonyl (C=O) groups excluding carboxylic acids is 1. The summed E-state index contributed by atoms with van der Waals surface area (Å²) in [5.41, 5.74) is 0.516. The summed E-state index contributed by atoms with van der Waals surface area (Å²) >= 11 is 0. The molecular weight excluding hydrogens is 272 g/mol. The zero-order valence-corrected chi connectivity index (χ0v) is 13.3. The summed E-state index contributed by atoms with van der Waals surface area (Å²) in [6.07, 6.45) is 3.09. The van der Waals surface area contributed by atoms with Crippen LogP contribution in [0.15, 0.2) is 12.5 Å². The molecule has 0 saturated carbocycles. The molecular formula is C14H26N4O3. The quantitative estimate of drug-likeness (QED) is 0.709. The Morgan fingerprint density at radius 1 is 1.43 bits per heavy atom. The van der Waals surface area contributed by atoms with Gasteiger partial charge in [0.25, 0.3) is 0 Å². The van der Waals surface area contributed by atoms with E-state index in [-0.39, 0.29) is 6.09 Å². The van der Waals surface area contributed by atoms with Crippen LogP contribution >= 0.6 is 0 Å². The fraction of sp³-hybridized carbons (Fsp3) is 0.714. The Kier molecular flexibility index (Phi) is 7.18. The molecule has 0 radical (unpaired) electrons. The van der Waals surface area contributed by atoms with Crippen LogP contribution in [-0.2, 0) is 16.0 Å². The monoisotopic (exact) mass is 298 g/mol. The molecule has 1 rings (SSSR count). The molecule has 120 valence electrons. The standard InChI is InChI=1S/C14H26N4O3/c1-14(2,3)21-13(19)18(7-8-20-4)6-5-15-9-12-10-16-11-17-12/h10-11,15H,5-9H2,1-4H3,(H,16,17). The molecule has 0 saturated heterocycles. The zero-order chi connectivity index (χ0) is 15.7. The van der Waals surface area contributed by atoms with Crippen LogP contribution in [0.3, 0.4) is 0 Å². The number of carbonyl (C=O) groups is 1. The summed E-state index contributed by atoms with van der Waals surface area (Å²) in [4.78, 5) is 20.7. The van der Waals surface area contributed by atoms with Crippen molar-refractivity contribution in [1.82, 2.24) is 20.2 Å². The van der Waals surface area contributed by atoms with E-state index in [9.17, 15) is 4.79 Å². The first-order valence-corrected chi connectivity index (χ1v) is 7.07. The predicted molar refractivity (Wildman–Crippen MR) is 80.0 cm³/mol. The Labute approximate surface area is 126 Å². The maximum atomic E-state index is 12.1. The van der Waals surface area contributed by atoms with E-state index in [1.54, 1.807) is 24.5 Å². The van der Waals surface area contributed by atoms with Gasteiger partial charge in [0.2, 0.25) is 0 Å². The summed E-state index contributed by atoms with van der Waals surface area (Å²) in [5, 5.41) is 3.25. The number of nitrogens with zero attached hydrogens (tertiary/aromatic N) is 2. The average Bonchev–Trinajstić information content (AvgIpc) is 2.88. The van der Waals surface area contributed by atoms with Gasteiger partial charge in [-0.3, -0.25) is 0 Å². The minimum absolute atomic E-state index is 0.317. The Hall–Kier alpha value is -1.60. The number of aromatic amines is 1. The van der Waals surface area contributed by atoms with Crippen LogP contribution in [0, 0.1) is 0 Å². The van der Waals surface area contributed by atoms with E-state index in [0.29, 0.717) is 32.8 Å². The van der Waals surface area contributed by atoms with Gasteiger partial charge in [0.15, 0.2) is 0 Å². The Morgan fingerprint density at radius 2 is 2.19 bits per heavy atom. The number of hydrogen-bond acceptors (Lipinski definition) is 5. The minimum atomic E-state index is -0.494. The second-order valence-electron chi connectivity index (χ2n) is 5.71. The third-order valence-electron chi connectivity index (χ3n) is 2.65. The summed E-state index contributed by atoms with van der Waals surface area (Å²) < 4.78 is 10.4. The number of amides is 1. The first kappa shape index (κ1) is 17.5. The van der Waals surface area contributed by atoms with Crippen molar-refractivity contribution < 1.29 is 14.3 Å². The molecule has 0 bridgehead atoms. The van der Waals surface area contributed by atoms with Crippen molar-refractivity contribution in [2.75, 3.05) is 33.4 Å². The number of imidazole rings is 1. The lowest BCUT2D eigenvalue weighted by atomic mass is 10.2. The molecule has 0 aliphatic carbocycles. The molecule has 2 N–H and O–H groups in total. The van der Waals surface area contributed by atoms with Gasteiger partial charge in [-0.1, -0.05) is 0 Å². The van der Waals surface area contributed by atoms with Gasteiger partial charge in [0.1, 0.15) is 5.60 Å². The van der Waals surface area contributed by atoms with E-state index in [1.165, 1.54) is 0 Å². The fourth-order valence-corrected chi connectivity index (χ4v) is 1.64. The van der Waals surface area contributed by atoms with Gasteiger partial charge >= 0.3 is 6.09 Å². The summed E-state index contributed by atoms with van der Waals surface area (Å²) in [6, 6.07) is 0. The number of aromatic nitrogens is 2. The third kappa shape index (κ3) is 7.67. The van der Waals surface area contributed by atoms with Crippen LogP contribution in [0.5, 0.6) is 0 Å². The van der Waals surface area contributed by atoms with Crippen molar-refractivity contribution in [3.05, 3.63) is 18.2 Å². The molecule has 0 unspecified atom stereocenters. The Bertz CT molecular complexity index is 401. The third-order valence-corrected chi connectivity index (χ3v) is 2.65. The van der Waals surface area contributed by atoms with Crippen LogP contribution in [0.4, 0.5) is 4.79 Å². The lowest BCUT2D eigenvalue weighted by molar-refractivity contribution is 0.0204. The molecule has 21 heavy (non-hydrogen) atoms. The van der Waals surface area contributed by atoms with Crippen molar-refractivity contribution in [1.29, 1.82) is 0 Å². The van der Waals surface area contributed by atoms with Crippen molar-refractivity contribution in [2.45, 2.75) is 32.9 Å². The number of hydrogen-bond donors (Lipinski definition) is 2. The predicted octanol–water partition coefficient (Wildman–Crippen LogP) is 1.38. The molecule has 1 heterocycles. The molecule has 0 aromatic carbocycles. The topological polar surface area (TPSA) is 79.5 Å². The Balaban J connectivity index is 2.36. The van der Waals surface area contributed by atoms with Gasteiger partial charge in [0.05, 0.1) is 12.9 Å². The first-order valence-electron chi connectivity index (χ1n) is 7.07. The van der Waals surface area contributed by atoms with Gasteiger partial charge in [-0.25, -0.2) is 9.78 Å². The lowest BCUT2D eigenvalue weighted by Crippen LogP contribution is -2.42. The van der Waals surface area contributed by atoms with Crippen LogP contribution in [-0.4, -0.2) is 59.9 Å². The highest BCUT2D eigenvalue weighted by atomic mass is 16.6. The fourth-order valence-electron chi connectivity index (χ4n) is 1.64. The number of H-pyrrole nitrogens is 1. The molecule has 1 aromatic heterocycles. The Morgan fingerprint density at radius 3 is 2.76 bits per heavy atom. The van der Waals surface area contributed by atoms with Crippen LogP contribution in [0.2, 0.25) is 0 Å². The molecule has 7 nitrogen and oxygen atoms in total. The van der Waals surface area contributed by atoms with Gasteiger partial charge in [0, 0.05) is 45.2 Å². The number of rotatable bonds is 8. The van der Waals surface area contributed by atoms with Crippen molar-refractivity contribution in [3.63, 3.8) is 0 Å².